The van der Waals surface area contributed by atoms with Crippen LogP contribution in [0.5, 0.6) is 0 Å². The molecule has 6 nitrogen and oxygen atoms in total. The summed E-state index contributed by atoms with van der Waals surface area (Å²) in [5.74, 6) is -0.837. The second-order valence-corrected chi connectivity index (χ2v) is 5.92. The summed E-state index contributed by atoms with van der Waals surface area (Å²) in [4.78, 5) is 25.1. The second-order valence-electron chi connectivity index (χ2n) is 5.92. The number of carbonyl (C=O) groups is 2. The molecule has 114 valence electrons. The quantitative estimate of drug-likeness (QED) is 0.821. The zero-order valence-electron chi connectivity index (χ0n) is 12.1. The molecule has 0 spiro atoms. The first-order valence-electron chi connectivity index (χ1n) is 7.37. The molecule has 2 amide bonds. The van der Waals surface area contributed by atoms with Crippen molar-refractivity contribution >= 4 is 12.0 Å². The molecule has 1 saturated carbocycles. The minimum absolute atomic E-state index is 0.0259. The fraction of sp³-hybridized carbons (Fsp3) is 0.857. The SMILES string of the molecule is CN(C(=O)NC1CCOC1)C1(CC(=O)O)CCCCC1. The summed E-state index contributed by atoms with van der Waals surface area (Å²) in [6.45, 7) is 1.22. The van der Waals surface area contributed by atoms with Crippen LogP contribution in [-0.2, 0) is 9.53 Å². The van der Waals surface area contributed by atoms with Crippen molar-refractivity contribution in [1.82, 2.24) is 10.2 Å². The van der Waals surface area contributed by atoms with Gasteiger partial charge >= 0.3 is 12.0 Å². The molecule has 1 aliphatic carbocycles. The lowest BCUT2D eigenvalue weighted by Gasteiger charge is -2.44. The van der Waals surface area contributed by atoms with Crippen LogP contribution >= 0.6 is 0 Å². The molecule has 1 unspecified atom stereocenters. The number of urea groups is 1. The average molecular weight is 284 g/mol. The normalized spacial score (nSPS) is 25.1. The van der Waals surface area contributed by atoms with Crippen molar-refractivity contribution in [3.8, 4) is 0 Å². The molecule has 0 aromatic heterocycles. The number of carbonyl (C=O) groups excluding carboxylic acids is 1. The standard InChI is InChI=1S/C14H24N2O4/c1-16(13(19)15-11-5-8-20-10-11)14(9-12(17)18)6-3-2-4-7-14/h11H,2-10H2,1H3,(H,15,19)(H,17,18). The fourth-order valence-corrected chi connectivity index (χ4v) is 3.26. The zero-order valence-corrected chi connectivity index (χ0v) is 12.1. The lowest BCUT2D eigenvalue weighted by molar-refractivity contribution is -0.140. The van der Waals surface area contributed by atoms with Gasteiger partial charge in [-0.3, -0.25) is 4.79 Å². The van der Waals surface area contributed by atoms with Gasteiger partial charge in [-0.2, -0.15) is 0 Å². The Bertz CT molecular complexity index is 360. The Balaban J connectivity index is 2.02. The van der Waals surface area contributed by atoms with Crippen LogP contribution in [0.2, 0.25) is 0 Å². The first-order chi connectivity index (χ1) is 9.53. The Morgan fingerprint density at radius 2 is 2.05 bits per heavy atom. The monoisotopic (exact) mass is 284 g/mol. The number of rotatable bonds is 4. The van der Waals surface area contributed by atoms with Gasteiger partial charge in [0.25, 0.3) is 0 Å². The highest BCUT2D eigenvalue weighted by atomic mass is 16.5. The van der Waals surface area contributed by atoms with Gasteiger partial charge in [0.15, 0.2) is 0 Å². The van der Waals surface area contributed by atoms with Crippen molar-refractivity contribution in [2.45, 2.75) is 56.5 Å². The molecule has 2 N–H and O–H groups in total. The minimum atomic E-state index is -0.837. The van der Waals surface area contributed by atoms with E-state index in [1.165, 1.54) is 0 Å². The number of amides is 2. The number of carboxylic acid groups (broad SMARTS) is 1. The average Bonchev–Trinajstić information content (AvgIpc) is 2.91. The van der Waals surface area contributed by atoms with E-state index < -0.39 is 11.5 Å². The van der Waals surface area contributed by atoms with Gasteiger partial charge in [0, 0.05) is 13.7 Å². The Morgan fingerprint density at radius 3 is 2.60 bits per heavy atom. The minimum Gasteiger partial charge on any atom is -0.481 e. The van der Waals surface area contributed by atoms with Gasteiger partial charge < -0.3 is 20.1 Å². The first-order valence-corrected chi connectivity index (χ1v) is 7.37. The maximum atomic E-state index is 12.4. The molecule has 0 bridgehead atoms. The van der Waals surface area contributed by atoms with Gasteiger partial charge in [-0.1, -0.05) is 19.3 Å². The molecule has 6 heteroatoms. The third-order valence-electron chi connectivity index (χ3n) is 4.54. The summed E-state index contributed by atoms with van der Waals surface area (Å²) in [5.41, 5.74) is -0.534. The zero-order chi connectivity index (χ0) is 14.6. The number of carboxylic acids is 1. The smallest absolute Gasteiger partial charge is 0.317 e. The third kappa shape index (κ3) is 3.42. The molecule has 20 heavy (non-hydrogen) atoms. The predicted octanol–water partition coefficient (Wildman–Crippen LogP) is 1.59. The van der Waals surface area contributed by atoms with Crippen molar-refractivity contribution < 1.29 is 19.4 Å². The third-order valence-corrected chi connectivity index (χ3v) is 4.54. The van der Waals surface area contributed by atoms with Crippen LogP contribution in [-0.4, -0.2) is 53.8 Å². The van der Waals surface area contributed by atoms with Gasteiger partial charge in [0.2, 0.25) is 0 Å². The summed E-state index contributed by atoms with van der Waals surface area (Å²) in [6.07, 6.45) is 5.47. The van der Waals surface area contributed by atoms with Crippen LogP contribution in [0.25, 0.3) is 0 Å². The van der Waals surface area contributed by atoms with E-state index in [2.05, 4.69) is 5.32 Å². The van der Waals surface area contributed by atoms with Gasteiger partial charge in [0.1, 0.15) is 0 Å². The molecular weight excluding hydrogens is 260 g/mol. The van der Waals surface area contributed by atoms with E-state index >= 15 is 0 Å². The number of nitrogens with one attached hydrogen (secondary N) is 1. The lowest BCUT2D eigenvalue weighted by atomic mass is 9.78. The molecule has 2 rings (SSSR count). The van der Waals surface area contributed by atoms with Crippen molar-refractivity contribution in [2.24, 2.45) is 0 Å². The van der Waals surface area contributed by atoms with E-state index in [9.17, 15) is 9.59 Å². The van der Waals surface area contributed by atoms with Gasteiger partial charge in [-0.05, 0) is 19.3 Å². The van der Waals surface area contributed by atoms with Crippen LogP contribution < -0.4 is 5.32 Å². The van der Waals surface area contributed by atoms with Gasteiger partial charge in [0.05, 0.1) is 24.6 Å². The molecule has 0 radical (unpaired) electrons. The number of hydrogen-bond acceptors (Lipinski definition) is 3. The number of nitrogens with zero attached hydrogens (tertiary/aromatic N) is 1. The van der Waals surface area contributed by atoms with Crippen LogP contribution in [0.1, 0.15) is 44.9 Å². The maximum absolute atomic E-state index is 12.4. The molecular formula is C14H24N2O4. The summed E-state index contributed by atoms with van der Waals surface area (Å²) < 4.78 is 5.25. The lowest BCUT2D eigenvalue weighted by Crippen LogP contribution is -2.56. The van der Waals surface area contributed by atoms with Crippen molar-refractivity contribution in [3.05, 3.63) is 0 Å². The molecule has 1 aliphatic heterocycles. The molecule has 0 aromatic carbocycles. The summed E-state index contributed by atoms with van der Waals surface area (Å²) in [6, 6.07) is -0.126. The Hall–Kier alpha value is -1.30. The highest BCUT2D eigenvalue weighted by Crippen LogP contribution is 2.36. The number of ether oxygens (including phenoxy) is 1. The Morgan fingerprint density at radius 1 is 1.35 bits per heavy atom. The fourth-order valence-electron chi connectivity index (χ4n) is 3.26. The molecule has 1 heterocycles. The van der Waals surface area contributed by atoms with E-state index in [4.69, 9.17) is 9.84 Å². The highest BCUT2D eigenvalue weighted by molar-refractivity contribution is 5.77. The van der Waals surface area contributed by atoms with Crippen molar-refractivity contribution in [2.75, 3.05) is 20.3 Å². The van der Waals surface area contributed by atoms with Crippen LogP contribution in [0.4, 0.5) is 4.79 Å². The largest absolute Gasteiger partial charge is 0.481 e. The number of hydrogen-bond donors (Lipinski definition) is 2. The predicted molar refractivity (Wildman–Crippen MR) is 73.6 cm³/mol. The topological polar surface area (TPSA) is 78.9 Å². The van der Waals surface area contributed by atoms with Gasteiger partial charge in [-0.15, -0.1) is 0 Å². The second kappa shape index (κ2) is 6.43. The highest BCUT2D eigenvalue weighted by Gasteiger charge is 2.41. The van der Waals surface area contributed by atoms with Gasteiger partial charge in [-0.25, -0.2) is 4.79 Å². The molecule has 2 aliphatic rings. The van der Waals surface area contributed by atoms with Crippen LogP contribution in [0.3, 0.4) is 0 Å². The van der Waals surface area contributed by atoms with Crippen LogP contribution in [0.15, 0.2) is 0 Å². The van der Waals surface area contributed by atoms with E-state index in [1.54, 1.807) is 11.9 Å². The Labute approximate surface area is 119 Å². The summed E-state index contributed by atoms with van der Waals surface area (Å²) in [5, 5.41) is 12.1. The molecule has 1 atom stereocenters. The molecule has 0 aromatic rings. The first kappa shape index (κ1) is 15.1. The number of aliphatic carboxylic acids is 1. The van der Waals surface area contributed by atoms with E-state index in [1.807, 2.05) is 0 Å². The Kier molecular flexibility index (Phi) is 4.86. The van der Waals surface area contributed by atoms with E-state index in [-0.39, 0.29) is 18.5 Å². The van der Waals surface area contributed by atoms with Crippen molar-refractivity contribution in [3.63, 3.8) is 0 Å². The summed E-state index contributed by atoms with van der Waals surface area (Å²) >= 11 is 0. The van der Waals surface area contributed by atoms with Crippen molar-refractivity contribution in [1.29, 1.82) is 0 Å². The molecule has 1 saturated heterocycles. The van der Waals surface area contributed by atoms with E-state index in [0.29, 0.717) is 13.2 Å². The van der Waals surface area contributed by atoms with Crippen LogP contribution in [0, 0.1) is 0 Å². The molecule has 2 fully saturated rings. The summed E-state index contributed by atoms with van der Waals surface area (Å²) in [7, 11) is 1.72. The maximum Gasteiger partial charge on any atom is 0.317 e. The van der Waals surface area contributed by atoms with E-state index in [0.717, 1.165) is 38.5 Å².